The van der Waals surface area contributed by atoms with Crippen molar-refractivity contribution in [3.8, 4) is 0 Å². The molecule has 35 heavy (non-hydrogen) atoms. The topological polar surface area (TPSA) is 61.8 Å². The predicted octanol–water partition coefficient (Wildman–Crippen LogP) is 6.03. The number of hydrogen-bond donors (Lipinski definition) is 0. The molecule has 3 atom stereocenters. The lowest BCUT2D eigenvalue weighted by Gasteiger charge is -2.51. The van der Waals surface area contributed by atoms with Crippen molar-refractivity contribution in [3.05, 3.63) is 52.3 Å². The van der Waals surface area contributed by atoms with E-state index in [-0.39, 0.29) is 35.9 Å². The van der Waals surface area contributed by atoms with Gasteiger partial charge in [0.15, 0.2) is 15.6 Å². The van der Waals surface area contributed by atoms with E-state index < -0.39 is 38.3 Å². The molecular weight excluding hydrogens is 518 g/mol. The van der Waals surface area contributed by atoms with Crippen LogP contribution in [0.5, 0.6) is 0 Å². The number of thioether (sulfide) groups is 1. The van der Waals surface area contributed by atoms with Crippen LogP contribution in [-0.2, 0) is 24.0 Å². The van der Waals surface area contributed by atoms with Crippen molar-refractivity contribution in [1.29, 1.82) is 0 Å². The van der Waals surface area contributed by atoms with Crippen molar-refractivity contribution < 1.29 is 31.4 Å². The molecule has 0 N–H and O–H groups in total. The molecule has 3 fully saturated rings. The molecule has 1 aromatic carbocycles. The molecule has 4 rings (SSSR count). The average molecular weight is 549 g/mol. The number of hydrogen-bond acceptors (Lipinski definition) is 6. The highest BCUT2D eigenvalue weighted by atomic mass is 35.5. The predicted molar refractivity (Wildman–Crippen MR) is 134 cm³/mol. The van der Waals surface area contributed by atoms with Crippen molar-refractivity contribution in [1.82, 2.24) is 0 Å². The molecule has 0 radical (unpaired) electrons. The summed E-state index contributed by atoms with van der Waals surface area (Å²) in [6.07, 6.45) is 2.07. The van der Waals surface area contributed by atoms with Crippen molar-refractivity contribution >= 4 is 33.2 Å². The Kier molecular flexibility index (Phi) is 8.53. The first-order chi connectivity index (χ1) is 16.7. The second-order valence-corrected chi connectivity index (χ2v) is 13.2. The van der Waals surface area contributed by atoms with Crippen LogP contribution >= 0.6 is 23.4 Å². The van der Waals surface area contributed by atoms with Gasteiger partial charge in [-0.15, -0.1) is 0 Å². The zero-order valence-electron chi connectivity index (χ0n) is 19.9. The Balaban J connectivity index is 1.74. The summed E-state index contributed by atoms with van der Waals surface area (Å²) < 4.78 is 73.8. The molecule has 0 bridgehead atoms. The van der Waals surface area contributed by atoms with E-state index in [1.54, 1.807) is 0 Å². The maximum atomic E-state index is 15.2. The Hall–Kier alpha value is -1.13. The van der Waals surface area contributed by atoms with E-state index in [9.17, 15) is 12.8 Å². The van der Waals surface area contributed by atoms with E-state index in [4.69, 9.17) is 25.8 Å². The molecule has 0 spiro atoms. The zero-order valence-corrected chi connectivity index (χ0v) is 22.3. The number of sulfone groups is 1. The largest absolute Gasteiger partial charge is 0.490 e. The lowest BCUT2D eigenvalue weighted by atomic mass is 9.74. The zero-order chi connectivity index (χ0) is 25.2. The van der Waals surface area contributed by atoms with Gasteiger partial charge >= 0.3 is 0 Å². The summed E-state index contributed by atoms with van der Waals surface area (Å²) in [7, 11) is -4.18. The number of benzene rings is 1. The third-order valence-electron chi connectivity index (χ3n) is 7.10. The molecule has 194 valence electrons. The fourth-order valence-electron chi connectivity index (χ4n) is 5.44. The van der Waals surface area contributed by atoms with Crippen molar-refractivity contribution in [3.63, 3.8) is 0 Å². The summed E-state index contributed by atoms with van der Waals surface area (Å²) >= 11 is 7.83. The normalized spacial score (nSPS) is 30.9. The first kappa shape index (κ1) is 26.9. The first-order valence-corrected chi connectivity index (χ1v) is 14.8. The van der Waals surface area contributed by atoms with Gasteiger partial charge in [-0.05, 0) is 69.5 Å². The maximum absolute atomic E-state index is 15.2. The van der Waals surface area contributed by atoms with Crippen molar-refractivity contribution in [2.24, 2.45) is 5.92 Å². The SMILES string of the molecule is CC(F)=C1OCC2C(CCSC3CCOCC3)OCCC2(S(=O)(=O)c2ccc(Cl)cc2)C1=C(C)F. The highest BCUT2D eigenvalue weighted by Crippen LogP contribution is 2.54. The van der Waals surface area contributed by atoms with Crippen LogP contribution in [0.1, 0.15) is 39.5 Å². The molecule has 3 aliphatic heterocycles. The van der Waals surface area contributed by atoms with Gasteiger partial charge in [0, 0.05) is 36.0 Å². The van der Waals surface area contributed by atoms with Gasteiger partial charge in [-0.25, -0.2) is 17.2 Å². The summed E-state index contributed by atoms with van der Waals surface area (Å²) in [5.41, 5.74) is -0.228. The van der Waals surface area contributed by atoms with Crippen LogP contribution in [0.15, 0.2) is 52.1 Å². The van der Waals surface area contributed by atoms with Crippen LogP contribution in [0.4, 0.5) is 8.78 Å². The quantitative estimate of drug-likeness (QED) is 0.432. The summed E-state index contributed by atoms with van der Waals surface area (Å²) in [5.74, 6) is -1.77. The van der Waals surface area contributed by atoms with Gasteiger partial charge in [-0.3, -0.25) is 0 Å². The van der Waals surface area contributed by atoms with Crippen molar-refractivity contribution in [2.75, 3.05) is 32.2 Å². The minimum atomic E-state index is -4.18. The van der Waals surface area contributed by atoms with E-state index in [0.717, 1.165) is 45.7 Å². The number of allylic oxidation sites excluding steroid dienone is 3. The number of halogens is 3. The fraction of sp³-hybridized carbons (Fsp3) is 0.600. The summed E-state index contributed by atoms with van der Waals surface area (Å²) in [6.45, 7) is 3.85. The van der Waals surface area contributed by atoms with Gasteiger partial charge < -0.3 is 14.2 Å². The Labute approximate surface area is 215 Å². The Morgan fingerprint density at radius 2 is 1.80 bits per heavy atom. The molecule has 10 heteroatoms. The van der Waals surface area contributed by atoms with E-state index in [1.807, 2.05) is 11.8 Å². The molecule has 1 aromatic rings. The van der Waals surface area contributed by atoms with Gasteiger partial charge in [0.05, 0.1) is 23.2 Å². The van der Waals surface area contributed by atoms with E-state index >= 15 is 4.39 Å². The van der Waals surface area contributed by atoms with Gasteiger partial charge in [0.2, 0.25) is 0 Å². The Morgan fingerprint density at radius 1 is 1.11 bits per heavy atom. The van der Waals surface area contributed by atoms with Crippen LogP contribution in [0.3, 0.4) is 0 Å². The molecule has 3 unspecified atom stereocenters. The fourth-order valence-corrected chi connectivity index (χ4v) is 9.18. The minimum Gasteiger partial charge on any atom is -0.490 e. The minimum absolute atomic E-state index is 0.00294. The number of fused-ring (bicyclic) bond motifs is 1. The highest BCUT2D eigenvalue weighted by molar-refractivity contribution is 7.99. The molecule has 5 nitrogen and oxygen atoms in total. The standard InChI is InChI=1S/C25H31ClF2O5S2/c1-16(27)23-24(17(2)28)33-15-21-22(9-14-34-19-7-11-31-12-8-19)32-13-10-25(21,23)35(29,30)20-5-3-18(26)4-6-20/h3-6,19,21-22H,7-15H2,1-2H3. The molecule has 3 aliphatic rings. The average Bonchev–Trinajstić information content (AvgIpc) is 2.84. The van der Waals surface area contributed by atoms with Gasteiger partial charge in [0.25, 0.3) is 0 Å². The van der Waals surface area contributed by atoms with Gasteiger partial charge in [-0.2, -0.15) is 11.8 Å². The molecule has 0 amide bonds. The van der Waals surface area contributed by atoms with Crippen LogP contribution in [0.2, 0.25) is 5.02 Å². The molecule has 3 saturated heterocycles. The van der Waals surface area contributed by atoms with Gasteiger partial charge in [-0.1, -0.05) is 11.6 Å². The molecule has 3 heterocycles. The third kappa shape index (κ3) is 5.17. The van der Waals surface area contributed by atoms with Crippen molar-refractivity contribution in [2.45, 2.75) is 60.5 Å². The molecular formula is C25H31ClF2O5S2. The summed E-state index contributed by atoms with van der Waals surface area (Å²) in [4.78, 5) is 0.0145. The highest BCUT2D eigenvalue weighted by Gasteiger charge is 2.62. The monoisotopic (exact) mass is 548 g/mol. The number of ether oxygens (including phenoxy) is 3. The van der Waals surface area contributed by atoms with Gasteiger partial charge in [0.1, 0.15) is 16.4 Å². The van der Waals surface area contributed by atoms with Crippen LogP contribution in [0.25, 0.3) is 0 Å². The lowest BCUT2D eigenvalue weighted by molar-refractivity contribution is -0.0753. The van der Waals surface area contributed by atoms with Crippen LogP contribution in [0, 0.1) is 5.92 Å². The lowest BCUT2D eigenvalue weighted by Crippen LogP contribution is -2.60. The maximum Gasteiger partial charge on any atom is 0.189 e. The Morgan fingerprint density at radius 3 is 2.43 bits per heavy atom. The molecule has 0 aliphatic carbocycles. The second-order valence-electron chi connectivity index (χ2n) is 9.17. The molecule has 0 aromatic heterocycles. The number of rotatable bonds is 6. The van der Waals surface area contributed by atoms with Crippen LogP contribution in [-0.4, -0.2) is 56.7 Å². The van der Waals surface area contributed by atoms with Crippen LogP contribution < -0.4 is 0 Å². The third-order valence-corrected chi connectivity index (χ3v) is 11.3. The van der Waals surface area contributed by atoms with E-state index in [0.29, 0.717) is 16.7 Å². The van der Waals surface area contributed by atoms with E-state index in [2.05, 4.69) is 0 Å². The molecule has 0 saturated carbocycles. The first-order valence-electron chi connectivity index (χ1n) is 11.9. The smallest absolute Gasteiger partial charge is 0.189 e. The summed E-state index contributed by atoms with van der Waals surface area (Å²) in [5, 5.41) is 0.877. The Bertz CT molecular complexity index is 1080. The van der Waals surface area contributed by atoms with E-state index in [1.165, 1.54) is 24.3 Å². The summed E-state index contributed by atoms with van der Waals surface area (Å²) in [6, 6.07) is 5.82. The second kappa shape index (κ2) is 11.1.